The highest BCUT2D eigenvalue weighted by Gasteiger charge is 2.15. The largest absolute Gasteiger partial charge is 0.454 e. The van der Waals surface area contributed by atoms with Crippen molar-refractivity contribution in [3.63, 3.8) is 0 Å². The summed E-state index contributed by atoms with van der Waals surface area (Å²) >= 11 is 3.46. The minimum atomic E-state index is 0.290. The summed E-state index contributed by atoms with van der Waals surface area (Å²) in [6, 6.07) is 9.84. The number of halogens is 1. The van der Waals surface area contributed by atoms with Crippen molar-refractivity contribution in [2.24, 2.45) is 0 Å². The van der Waals surface area contributed by atoms with Crippen LogP contribution in [0.4, 0.5) is 11.5 Å². The number of anilines is 2. The Bertz CT molecular complexity index is 631. The van der Waals surface area contributed by atoms with Crippen molar-refractivity contribution in [1.29, 1.82) is 0 Å². The number of pyridine rings is 1. The summed E-state index contributed by atoms with van der Waals surface area (Å²) < 4.78 is 11.7. The predicted octanol–water partition coefficient (Wildman–Crippen LogP) is 3.65. The molecule has 0 radical (unpaired) electrons. The third-order valence-electron chi connectivity index (χ3n) is 3.09. The molecule has 4 nitrogen and oxygen atoms in total. The van der Waals surface area contributed by atoms with Crippen molar-refractivity contribution in [3.8, 4) is 11.5 Å². The van der Waals surface area contributed by atoms with Gasteiger partial charge in [0, 0.05) is 23.3 Å². The lowest BCUT2D eigenvalue weighted by molar-refractivity contribution is 0.174. The van der Waals surface area contributed by atoms with E-state index >= 15 is 0 Å². The second-order valence-electron chi connectivity index (χ2n) is 4.33. The fourth-order valence-corrected chi connectivity index (χ4v) is 2.16. The van der Waals surface area contributed by atoms with Gasteiger partial charge in [-0.1, -0.05) is 0 Å². The summed E-state index contributed by atoms with van der Waals surface area (Å²) in [5, 5.41) is 0. The molecule has 19 heavy (non-hydrogen) atoms. The lowest BCUT2D eigenvalue weighted by atomic mass is 10.2. The number of aromatic nitrogens is 1. The van der Waals surface area contributed by atoms with E-state index in [0.29, 0.717) is 0 Å². The van der Waals surface area contributed by atoms with Crippen molar-refractivity contribution in [2.45, 2.75) is 6.92 Å². The summed E-state index contributed by atoms with van der Waals surface area (Å²) in [5.74, 6) is 2.45. The summed E-state index contributed by atoms with van der Waals surface area (Å²) in [6.07, 6.45) is 0. The maximum absolute atomic E-state index is 5.39. The molecule has 1 aromatic carbocycles. The van der Waals surface area contributed by atoms with Crippen LogP contribution >= 0.6 is 15.9 Å². The molecule has 0 aliphatic carbocycles. The minimum absolute atomic E-state index is 0.290. The van der Waals surface area contributed by atoms with Crippen molar-refractivity contribution in [2.75, 3.05) is 18.7 Å². The minimum Gasteiger partial charge on any atom is -0.454 e. The second-order valence-corrected chi connectivity index (χ2v) is 5.19. The topological polar surface area (TPSA) is 34.6 Å². The van der Waals surface area contributed by atoms with E-state index < -0.39 is 0 Å². The molecule has 0 spiro atoms. The number of hydrogen-bond donors (Lipinski definition) is 0. The molecule has 0 unspecified atom stereocenters. The summed E-state index contributed by atoms with van der Waals surface area (Å²) in [6.45, 7) is 2.26. The molecule has 3 rings (SSSR count). The molecular formula is C14H13BrN2O2. The number of fused-ring (bicyclic) bond motifs is 1. The van der Waals surface area contributed by atoms with Gasteiger partial charge in [-0.3, -0.25) is 0 Å². The number of ether oxygens (including phenoxy) is 2. The molecule has 2 aromatic rings. The molecule has 0 saturated heterocycles. The number of aryl methyl sites for hydroxylation is 1. The average Bonchev–Trinajstić information content (AvgIpc) is 2.88. The number of rotatable bonds is 2. The predicted molar refractivity (Wildman–Crippen MR) is 77.3 cm³/mol. The van der Waals surface area contributed by atoms with Crippen molar-refractivity contribution < 1.29 is 9.47 Å². The Kier molecular flexibility index (Phi) is 3.06. The number of nitrogens with zero attached hydrogens (tertiary/aromatic N) is 2. The molecule has 0 atom stereocenters. The normalized spacial score (nSPS) is 12.6. The first kappa shape index (κ1) is 12.3. The molecular weight excluding hydrogens is 308 g/mol. The molecule has 0 fully saturated rings. The van der Waals surface area contributed by atoms with E-state index in [1.807, 2.05) is 49.2 Å². The Morgan fingerprint density at radius 2 is 1.95 bits per heavy atom. The third-order valence-corrected chi connectivity index (χ3v) is 3.93. The number of benzene rings is 1. The average molecular weight is 321 g/mol. The number of hydrogen-bond acceptors (Lipinski definition) is 4. The zero-order chi connectivity index (χ0) is 13.4. The van der Waals surface area contributed by atoms with Gasteiger partial charge in [0.1, 0.15) is 5.82 Å². The molecule has 2 heterocycles. The van der Waals surface area contributed by atoms with Gasteiger partial charge in [0.05, 0.1) is 5.69 Å². The van der Waals surface area contributed by atoms with E-state index in [1.54, 1.807) is 0 Å². The Morgan fingerprint density at radius 1 is 1.16 bits per heavy atom. The van der Waals surface area contributed by atoms with E-state index in [0.717, 1.165) is 33.2 Å². The maximum Gasteiger partial charge on any atom is 0.231 e. The molecule has 1 aromatic heterocycles. The highest BCUT2D eigenvalue weighted by atomic mass is 79.9. The van der Waals surface area contributed by atoms with Crippen molar-refractivity contribution in [1.82, 2.24) is 4.98 Å². The molecule has 98 valence electrons. The molecule has 1 aliphatic heterocycles. The van der Waals surface area contributed by atoms with Crippen LogP contribution in [0.15, 0.2) is 34.8 Å². The van der Waals surface area contributed by atoms with Crippen LogP contribution < -0.4 is 14.4 Å². The molecule has 0 saturated carbocycles. The fourth-order valence-electron chi connectivity index (χ4n) is 1.94. The lowest BCUT2D eigenvalue weighted by Crippen LogP contribution is -2.11. The van der Waals surface area contributed by atoms with E-state index in [2.05, 4.69) is 20.9 Å². The standard InChI is InChI=1S/C14H13BrN2O2/c1-9-11(15)4-6-14(16-9)17(2)10-3-5-12-13(7-10)19-8-18-12/h3-7H,8H2,1-2H3. The SMILES string of the molecule is Cc1nc(N(C)c2ccc3c(c2)OCO3)ccc1Br. The molecule has 0 bridgehead atoms. The highest BCUT2D eigenvalue weighted by Crippen LogP contribution is 2.36. The fraction of sp³-hybridized carbons (Fsp3) is 0.214. The zero-order valence-electron chi connectivity index (χ0n) is 10.7. The molecule has 0 amide bonds. The van der Waals surface area contributed by atoms with Crippen LogP contribution in [0.25, 0.3) is 0 Å². The van der Waals surface area contributed by atoms with Gasteiger partial charge in [-0.15, -0.1) is 0 Å². The van der Waals surface area contributed by atoms with E-state index in [-0.39, 0.29) is 6.79 Å². The first-order chi connectivity index (χ1) is 9.15. The Morgan fingerprint density at radius 3 is 2.74 bits per heavy atom. The van der Waals surface area contributed by atoms with Gasteiger partial charge in [-0.25, -0.2) is 4.98 Å². The van der Waals surface area contributed by atoms with E-state index in [1.165, 1.54) is 0 Å². The van der Waals surface area contributed by atoms with Crippen LogP contribution in [-0.4, -0.2) is 18.8 Å². The molecule has 1 aliphatic rings. The highest BCUT2D eigenvalue weighted by molar-refractivity contribution is 9.10. The molecule has 5 heteroatoms. The van der Waals surface area contributed by atoms with Gasteiger partial charge in [-0.05, 0) is 47.1 Å². The first-order valence-electron chi connectivity index (χ1n) is 5.91. The van der Waals surface area contributed by atoms with E-state index in [4.69, 9.17) is 9.47 Å². The maximum atomic E-state index is 5.39. The lowest BCUT2D eigenvalue weighted by Gasteiger charge is -2.19. The van der Waals surface area contributed by atoms with Crippen LogP contribution in [0.5, 0.6) is 11.5 Å². The van der Waals surface area contributed by atoms with Gasteiger partial charge in [0.2, 0.25) is 6.79 Å². The Labute approximate surface area is 120 Å². The summed E-state index contributed by atoms with van der Waals surface area (Å²) in [4.78, 5) is 6.56. The van der Waals surface area contributed by atoms with Gasteiger partial charge >= 0.3 is 0 Å². The van der Waals surface area contributed by atoms with Crippen LogP contribution in [0.1, 0.15) is 5.69 Å². The van der Waals surface area contributed by atoms with E-state index in [9.17, 15) is 0 Å². The first-order valence-corrected chi connectivity index (χ1v) is 6.71. The summed E-state index contributed by atoms with van der Waals surface area (Å²) in [7, 11) is 1.98. The zero-order valence-corrected chi connectivity index (χ0v) is 12.3. The van der Waals surface area contributed by atoms with Crippen LogP contribution in [0.2, 0.25) is 0 Å². The van der Waals surface area contributed by atoms with Gasteiger partial charge in [-0.2, -0.15) is 0 Å². The van der Waals surface area contributed by atoms with Crippen molar-refractivity contribution >= 4 is 27.4 Å². The van der Waals surface area contributed by atoms with Crippen LogP contribution in [0, 0.1) is 6.92 Å². The Hall–Kier alpha value is -1.75. The van der Waals surface area contributed by atoms with Crippen LogP contribution in [0.3, 0.4) is 0 Å². The van der Waals surface area contributed by atoms with Gasteiger partial charge in [0.25, 0.3) is 0 Å². The van der Waals surface area contributed by atoms with Gasteiger partial charge < -0.3 is 14.4 Å². The molecule has 0 N–H and O–H groups in total. The third kappa shape index (κ3) is 2.26. The van der Waals surface area contributed by atoms with Crippen molar-refractivity contribution in [3.05, 3.63) is 40.5 Å². The monoisotopic (exact) mass is 320 g/mol. The smallest absolute Gasteiger partial charge is 0.231 e. The quantitative estimate of drug-likeness (QED) is 0.846. The Balaban J connectivity index is 1.94. The second kappa shape index (κ2) is 4.74. The van der Waals surface area contributed by atoms with Crippen LogP contribution in [-0.2, 0) is 0 Å². The van der Waals surface area contributed by atoms with Gasteiger partial charge in [0.15, 0.2) is 11.5 Å². The summed E-state index contributed by atoms with van der Waals surface area (Å²) in [5.41, 5.74) is 1.98.